The number of aliphatic hydroxyl groups is 1. The molecule has 4 heteroatoms. The van der Waals surface area contributed by atoms with Crippen LogP contribution in [0.5, 0.6) is 0 Å². The molecule has 3 nitrogen and oxygen atoms in total. The predicted octanol–water partition coefficient (Wildman–Crippen LogP) is 1.97. The number of carboxylic acid groups (broad SMARTS) is 1. The van der Waals surface area contributed by atoms with Crippen LogP contribution < -0.4 is 0 Å². The van der Waals surface area contributed by atoms with Gasteiger partial charge in [0.05, 0.1) is 13.0 Å². The molecule has 1 rings (SSSR count). The Labute approximate surface area is 92.6 Å². The lowest BCUT2D eigenvalue weighted by molar-refractivity contribution is -0.136. The quantitative estimate of drug-likeness (QED) is 0.825. The summed E-state index contributed by atoms with van der Waals surface area (Å²) in [6, 6.07) is 5.03. The molecule has 0 aliphatic carbocycles. The number of hydrogen-bond acceptors (Lipinski definition) is 2. The maximum atomic E-state index is 10.6. The average molecular weight is 227 g/mol. The Kier molecular flexibility index (Phi) is 4.34. The number of hydrogen-bond donors (Lipinski definition) is 2. The maximum absolute atomic E-state index is 10.6. The van der Waals surface area contributed by atoms with Crippen LogP contribution in [0.4, 0.5) is 0 Å². The van der Waals surface area contributed by atoms with Crippen LogP contribution >= 0.6 is 11.6 Å². The van der Waals surface area contributed by atoms with Gasteiger partial charge >= 0.3 is 5.97 Å². The van der Waals surface area contributed by atoms with E-state index < -0.39 is 5.97 Å². The van der Waals surface area contributed by atoms with Crippen LogP contribution in [0.1, 0.15) is 11.1 Å². The fourth-order valence-electron chi connectivity index (χ4n) is 1.23. The molecule has 0 unspecified atom stereocenters. The van der Waals surface area contributed by atoms with Gasteiger partial charge in [-0.05, 0) is 23.3 Å². The van der Waals surface area contributed by atoms with Crippen LogP contribution in [0.15, 0.2) is 24.3 Å². The Hall–Kier alpha value is -1.32. The number of aliphatic carboxylic acids is 1. The molecule has 0 radical (unpaired) electrons. The van der Waals surface area contributed by atoms with Gasteiger partial charge < -0.3 is 10.2 Å². The lowest BCUT2D eigenvalue weighted by Crippen LogP contribution is -2.01. The van der Waals surface area contributed by atoms with Gasteiger partial charge in [0, 0.05) is 5.02 Å². The first kappa shape index (κ1) is 11.8. The molecule has 2 N–H and O–H groups in total. The van der Waals surface area contributed by atoms with Gasteiger partial charge in [0.2, 0.25) is 0 Å². The first-order valence-electron chi connectivity index (χ1n) is 4.41. The van der Waals surface area contributed by atoms with Gasteiger partial charge in [0.15, 0.2) is 0 Å². The minimum Gasteiger partial charge on any atom is -0.481 e. The van der Waals surface area contributed by atoms with Crippen molar-refractivity contribution in [3.05, 3.63) is 40.4 Å². The highest BCUT2D eigenvalue weighted by atomic mass is 35.5. The third-order valence-electron chi connectivity index (χ3n) is 1.85. The first-order chi connectivity index (χ1) is 7.13. The second kappa shape index (κ2) is 5.53. The topological polar surface area (TPSA) is 57.5 Å². The predicted molar refractivity (Wildman–Crippen MR) is 58.9 cm³/mol. The van der Waals surface area contributed by atoms with E-state index in [2.05, 4.69) is 0 Å². The molecule has 0 heterocycles. The Morgan fingerprint density at radius 1 is 1.47 bits per heavy atom. The Morgan fingerprint density at radius 2 is 2.20 bits per heavy atom. The minimum atomic E-state index is -0.907. The van der Waals surface area contributed by atoms with Crippen molar-refractivity contribution in [2.75, 3.05) is 6.61 Å². The Balaban J connectivity index is 3.02. The highest BCUT2D eigenvalue weighted by molar-refractivity contribution is 6.30. The SMILES string of the molecule is O=C(O)Cc1cc(Cl)ccc1C=CCO. The smallest absolute Gasteiger partial charge is 0.307 e. The van der Waals surface area contributed by atoms with Crippen LogP contribution in [0, 0.1) is 0 Å². The first-order valence-corrected chi connectivity index (χ1v) is 4.79. The van der Waals surface area contributed by atoms with Crippen molar-refractivity contribution in [1.29, 1.82) is 0 Å². The molecule has 1 aromatic rings. The summed E-state index contributed by atoms with van der Waals surface area (Å²) in [5, 5.41) is 17.8. The summed E-state index contributed by atoms with van der Waals surface area (Å²) >= 11 is 5.77. The van der Waals surface area contributed by atoms with Crippen molar-refractivity contribution in [2.24, 2.45) is 0 Å². The number of rotatable bonds is 4. The minimum absolute atomic E-state index is 0.0743. The van der Waals surface area contributed by atoms with Gasteiger partial charge in [-0.3, -0.25) is 4.79 Å². The highest BCUT2D eigenvalue weighted by Crippen LogP contribution is 2.18. The molecule has 1 aromatic carbocycles. The van der Waals surface area contributed by atoms with Crippen LogP contribution in [0.25, 0.3) is 6.08 Å². The van der Waals surface area contributed by atoms with E-state index >= 15 is 0 Å². The molecule has 0 aromatic heterocycles. The van der Waals surface area contributed by atoms with Crippen molar-refractivity contribution in [2.45, 2.75) is 6.42 Å². The van der Waals surface area contributed by atoms with Crippen molar-refractivity contribution in [3.8, 4) is 0 Å². The molecule has 0 atom stereocenters. The number of carbonyl (C=O) groups is 1. The van der Waals surface area contributed by atoms with Crippen molar-refractivity contribution < 1.29 is 15.0 Å². The van der Waals surface area contributed by atoms with E-state index in [1.54, 1.807) is 30.4 Å². The molecule has 0 amide bonds. The molecular formula is C11H11ClO3. The normalized spacial score (nSPS) is 10.8. The molecule has 0 saturated heterocycles. The summed E-state index contributed by atoms with van der Waals surface area (Å²) in [6.45, 7) is -0.0743. The summed E-state index contributed by atoms with van der Waals surface area (Å²) in [4.78, 5) is 10.6. The van der Waals surface area contributed by atoms with Gasteiger partial charge in [0.1, 0.15) is 0 Å². The van der Waals surface area contributed by atoms with Crippen molar-refractivity contribution in [3.63, 3.8) is 0 Å². The van der Waals surface area contributed by atoms with E-state index in [0.717, 1.165) is 5.56 Å². The van der Waals surface area contributed by atoms with Crippen molar-refractivity contribution in [1.82, 2.24) is 0 Å². The van der Waals surface area contributed by atoms with Crippen LogP contribution in [0.3, 0.4) is 0 Å². The molecule has 15 heavy (non-hydrogen) atoms. The molecule has 0 spiro atoms. The van der Waals surface area contributed by atoms with Crippen LogP contribution in [-0.4, -0.2) is 22.8 Å². The molecule has 0 saturated carbocycles. The summed E-state index contributed by atoms with van der Waals surface area (Å²) in [5.74, 6) is -0.907. The zero-order valence-corrected chi connectivity index (χ0v) is 8.74. The fourth-order valence-corrected chi connectivity index (χ4v) is 1.43. The summed E-state index contributed by atoms with van der Waals surface area (Å²) in [6.07, 6.45) is 3.15. The lowest BCUT2D eigenvalue weighted by Gasteiger charge is -2.03. The lowest BCUT2D eigenvalue weighted by atomic mass is 10.0. The highest BCUT2D eigenvalue weighted by Gasteiger charge is 2.05. The summed E-state index contributed by atoms with van der Waals surface area (Å²) < 4.78 is 0. The largest absolute Gasteiger partial charge is 0.481 e. The standard InChI is InChI=1S/C11H11ClO3/c12-10-4-3-8(2-1-5-13)9(6-10)7-11(14)15/h1-4,6,13H,5,7H2,(H,14,15). The molecule has 0 bridgehead atoms. The number of carboxylic acids is 1. The monoisotopic (exact) mass is 226 g/mol. The Bertz CT molecular complexity index is 385. The van der Waals surface area contributed by atoms with E-state index in [4.69, 9.17) is 21.8 Å². The van der Waals surface area contributed by atoms with Gasteiger partial charge in [-0.2, -0.15) is 0 Å². The second-order valence-corrected chi connectivity index (χ2v) is 3.44. The van der Waals surface area contributed by atoms with Crippen molar-refractivity contribution >= 4 is 23.6 Å². The molecule has 0 aliphatic heterocycles. The second-order valence-electron chi connectivity index (χ2n) is 3.00. The molecule has 0 fully saturated rings. The van der Waals surface area contributed by atoms with E-state index in [1.807, 2.05) is 0 Å². The zero-order chi connectivity index (χ0) is 11.3. The van der Waals surface area contributed by atoms with E-state index in [0.29, 0.717) is 10.6 Å². The molecule has 80 valence electrons. The van der Waals surface area contributed by atoms with E-state index in [1.165, 1.54) is 0 Å². The third kappa shape index (κ3) is 3.73. The molecule has 0 aliphatic rings. The van der Waals surface area contributed by atoms with Gasteiger partial charge in [0.25, 0.3) is 0 Å². The van der Waals surface area contributed by atoms with E-state index in [-0.39, 0.29) is 13.0 Å². The third-order valence-corrected chi connectivity index (χ3v) is 2.08. The molecular weight excluding hydrogens is 216 g/mol. The van der Waals surface area contributed by atoms with Gasteiger partial charge in [-0.1, -0.05) is 29.8 Å². The summed E-state index contributed by atoms with van der Waals surface area (Å²) in [7, 11) is 0. The van der Waals surface area contributed by atoms with E-state index in [9.17, 15) is 4.79 Å². The van der Waals surface area contributed by atoms with Gasteiger partial charge in [-0.25, -0.2) is 0 Å². The average Bonchev–Trinajstić information content (AvgIpc) is 2.16. The van der Waals surface area contributed by atoms with Crippen LogP contribution in [-0.2, 0) is 11.2 Å². The fraction of sp³-hybridized carbons (Fsp3) is 0.182. The van der Waals surface area contributed by atoms with Gasteiger partial charge in [-0.15, -0.1) is 0 Å². The number of benzene rings is 1. The Morgan fingerprint density at radius 3 is 2.80 bits per heavy atom. The summed E-state index contributed by atoms with van der Waals surface area (Å²) in [5.41, 5.74) is 1.40. The van der Waals surface area contributed by atoms with Crippen LogP contribution in [0.2, 0.25) is 5.02 Å². The zero-order valence-electron chi connectivity index (χ0n) is 7.98. The number of halogens is 1. The number of aliphatic hydroxyl groups excluding tert-OH is 1. The maximum Gasteiger partial charge on any atom is 0.307 e.